The molecule has 1 heterocycles. The van der Waals surface area contributed by atoms with Crippen molar-refractivity contribution >= 4 is 13.7 Å². The number of aromatic nitrogens is 2. The van der Waals surface area contributed by atoms with Gasteiger partial charge < -0.3 is 14.7 Å². The Morgan fingerprint density at radius 2 is 2.55 bits per heavy atom. The summed E-state index contributed by atoms with van der Waals surface area (Å²) in [6.07, 6.45) is 1.55. The zero-order chi connectivity index (χ0) is 8.43. The van der Waals surface area contributed by atoms with Gasteiger partial charge in [0.15, 0.2) is 0 Å². The van der Waals surface area contributed by atoms with Crippen molar-refractivity contribution in [3.05, 3.63) is 22.1 Å². The predicted octanol–water partition coefficient (Wildman–Crippen LogP) is -0.00320. The molecule has 0 aromatic carbocycles. The molecule has 0 spiro atoms. The lowest BCUT2D eigenvalue weighted by Gasteiger charge is -1.87. The Labute approximate surface area is 64.6 Å². The van der Waals surface area contributed by atoms with Crippen molar-refractivity contribution in [3.63, 3.8) is 0 Å². The molecule has 0 aliphatic carbocycles. The highest BCUT2D eigenvalue weighted by molar-refractivity contribution is 6.07. The van der Waals surface area contributed by atoms with E-state index in [1.165, 1.54) is 10.8 Å². The number of imidazole rings is 1. The molecule has 0 unspecified atom stereocenters. The van der Waals surface area contributed by atoms with Crippen LogP contribution in [0.3, 0.4) is 0 Å². The molecular formula is C5H6BN3O2. The van der Waals surface area contributed by atoms with Crippen molar-refractivity contribution in [2.75, 3.05) is 0 Å². The smallest absolute Gasteiger partial charge is 0.358 e. The SMILES string of the molecule is [B]Cc1nc([N+](=O)[O-])cn1C. The lowest BCUT2D eigenvalue weighted by Crippen LogP contribution is -1.95. The number of hydrogen-bond acceptors (Lipinski definition) is 3. The highest BCUT2D eigenvalue weighted by Crippen LogP contribution is 2.08. The van der Waals surface area contributed by atoms with Crippen LogP contribution in [0.15, 0.2) is 6.20 Å². The third-order valence-electron chi connectivity index (χ3n) is 1.33. The molecular weight excluding hydrogens is 145 g/mol. The summed E-state index contributed by atoms with van der Waals surface area (Å²) in [5, 5.41) is 10.2. The van der Waals surface area contributed by atoms with Crippen molar-refractivity contribution in [3.8, 4) is 0 Å². The fourth-order valence-electron chi connectivity index (χ4n) is 0.765. The predicted molar refractivity (Wildman–Crippen MR) is 39.3 cm³/mol. The van der Waals surface area contributed by atoms with Crippen LogP contribution in [-0.4, -0.2) is 22.3 Å². The molecule has 56 valence electrons. The van der Waals surface area contributed by atoms with Gasteiger partial charge in [-0.2, -0.15) is 0 Å². The van der Waals surface area contributed by atoms with Gasteiger partial charge in [-0.3, -0.25) is 0 Å². The van der Waals surface area contributed by atoms with Gasteiger partial charge in [0.25, 0.3) is 0 Å². The second-order valence-electron chi connectivity index (χ2n) is 2.09. The summed E-state index contributed by atoms with van der Waals surface area (Å²) in [6.45, 7) is 0. The van der Waals surface area contributed by atoms with Crippen LogP contribution in [0, 0.1) is 10.1 Å². The van der Waals surface area contributed by atoms with E-state index in [0.29, 0.717) is 5.82 Å². The number of hydrogen-bond donors (Lipinski definition) is 0. The Balaban J connectivity index is 3.05. The number of nitro groups is 1. The van der Waals surface area contributed by atoms with Crippen LogP contribution in [0.2, 0.25) is 0 Å². The van der Waals surface area contributed by atoms with E-state index >= 15 is 0 Å². The molecule has 1 aromatic rings. The molecule has 0 bridgehead atoms. The molecule has 2 radical (unpaired) electrons. The minimum atomic E-state index is -0.542. The van der Waals surface area contributed by atoms with Crippen molar-refractivity contribution < 1.29 is 4.92 Å². The Hall–Kier alpha value is -1.33. The van der Waals surface area contributed by atoms with E-state index in [9.17, 15) is 10.1 Å². The van der Waals surface area contributed by atoms with E-state index in [4.69, 9.17) is 7.85 Å². The van der Waals surface area contributed by atoms with Gasteiger partial charge in [0.2, 0.25) is 5.82 Å². The molecule has 1 rings (SSSR count). The van der Waals surface area contributed by atoms with Gasteiger partial charge in [-0.25, -0.2) is 0 Å². The van der Waals surface area contributed by atoms with Crippen molar-refractivity contribution in [2.24, 2.45) is 7.05 Å². The fourth-order valence-corrected chi connectivity index (χ4v) is 0.765. The summed E-state index contributed by atoms with van der Waals surface area (Å²) in [7, 11) is 6.93. The first-order valence-corrected chi connectivity index (χ1v) is 3.02. The first kappa shape index (κ1) is 7.78. The quantitative estimate of drug-likeness (QED) is 0.339. The van der Waals surface area contributed by atoms with E-state index in [1.54, 1.807) is 7.05 Å². The second-order valence-corrected chi connectivity index (χ2v) is 2.09. The summed E-state index contributed by atoms with van der Waals surface area (Å²) in [5.74, 6) is 0.352. The summed E-state index contributed by atoms with van der Waals surface area (Å²) in [5.41, 5.74) is 0. The summed E-state index contributed by atoms with van der Waals surface area (Å²) < 4.78 is 1.54. The molecule has 6 heteroatoms. The summed E-state index contributed by atoms with van der Waals surface area (Å²) in [6, 6.07) is 0. The van der Waals surface area contributed by atoms with E-state index in [2.05, 4.69) is 4.98 Å². The van der Waals surface area contributed by atoms with Crippen LogP contribution in [0.5, 0.6) is 0 Å². The molecule has 0 amide bonds. The normalized spacial score (nSPS) is 9.91. The van der Waals surface area contributed by atoms with Crippen molar-refractivity contribution in [1.82, 2.24) is 9.55 Å². The summed E-state index contributed by atoms with van der Waals surface area (Å²) in [4.78, 5) is 13.3. The van der Waals surface area contributed by atoms with Crippen molar-refractivity contribution in [2.45, 2.75) is 6.32 Å². The molecule has 0 aliphatic heterocycles. The number of aryl methyl sites for hydroxylation is 1. The van der Waals surface area contributed by atoms with Gasteiger partial charge in [0, 0.05) is 7.05 Å². The monoisotopic (exact) mass is 151 g/mol. The number of nitrogens with zero attached hydrogens (tertiary/aromatic N) is 3. The van der Waals surface area contributed by atoms with Gasteiger partial charge in [-0.15, -0.1) is 0 Å². The standard InChI is InChI=1S/C5H6BN3O2/c1-8-3-5(9(10)11)7-4(8)2-6/h3H,2H2,1H3. The minimum absolute atomic E-state index is 0.159. The molecule has 1 aromatic heterocycles. The minimum Gasteiger partial charge on any atom is -0.358 e. The van der Waals surface area contributed by atoms with Crippen LogP contribution in [-0.2, 0) is 13.4 Å². The first-order valence-electron chi connectivity index (χ1n) is 3.02. The van der Waals surface area contributed by atoms with Crippen molar-refractivity contribution in [1.29, 1.82) is 0 Å². The highest BCUT2D eigenvalue weighted by atomic mass is 16.6. The highest BCUT2D eigenvalue weighted by Gasteiger charge is 2.13. The third-order valence-corrected chi connectivity index (χ3v) is 1.33. The average Bonchev–Trinajstić information content (AvgIpc) is 2.31. The molecule has 0 saturated carbocycles. The summed E-state index contributed by atoms with van der Waals surface area (Å²) >= 11 is 0. The first-order chi connectivity index (χ1) is 5.15. The van der Waals surface area contributed by atoms with Gasteiger partial charge in [0.05, 0.1) is 7.85 Å². The largest absolute Gasteiger partial charge is 0.381 e. The fraction of sp³-hybridized carbons (Fsp3) is 0.400. The van der Waals surface area contributed by atoms with Gasteiger partial charge in [-0.05, 0) is 16.2 Å². The van der Waals surface area contributed by atoms with Crippen LogP contribution >= 0.6 is 0 Å². The zero-order valence-electron chi connectivity index (χ0n) is 6.02. The lowest BCUT2D eigenvalue weighted by molar-refractivity contribution is -0.389. The maximum absolute atomic E-state index is 10.2. The maximum atomic E-state index is 10.2. The van der Waals surface area contributed by atoms with Crippen LogP contribution in [0.1, 0.15) is 5.82 Å². The van der Waals surface area contributed by atoms with Gasteiger partial charge in [-0.1, -0.05) is 0 Å². The Kier molecular flexibility index (Phi) is 1.93. The topological polar surface area (TPSA) is 61.0 Å². The Morgan fingerprint density at radius 1 is 1.91 bits per heavy atom. The van der Waals surface area contributed by atoms with E-state index in [-0.39, 0.29) is 12.1 Å². The molecule has 0 aliphatic rings. The third kappa shape index (κ3) is 1.39. The average molecular weight is 151 g/mol. The Morgan fingerprint density at radius 3 is 2.82 bits per heavy atom. The zero-order valence-corrected chi connectivity index (χ0v) is 6.02. The molecule has 11 heavy (non-hydrogen) atoms. The second kappa shape index (κ2) is 2.73. The van der Waals surface area contributed by atoms with E-state index < -0.39 is 4.92 Å². The van der Waals surface area contributed by atoms with Gasteiger partial charge in [0.1, 0.15) is 6.20 Å². The molecule has 0 atom stereocenters. The van der Waals surface area contributed by atoms with Gasteiger partial charge >= 0.3 is 5.82 Å². The molecule has 5 nitrogen and oxygen atoms in total. The van der Waals surface area contributed by atoms with E-state index in [1.807, 2.05) is 0 Å². The van der Waals surface area contributed by atoms with Crippen LogP contribution in [0.25, 0.3) is 0 Å². The molecule has 0 fully saturated rings. The Bertz CT molecular complexity index is 283. The molecule has 0 saturated heterocycles. The van der Waals surface area contributed by atoms with E-state index in [0.717, 1.165) is 0 Å². The van der Waals surface area contributed by atoms with Crippen LogP contribution < -0.4 is 0 Å². The lowest BCUT2D eigenvalue weighted by atomic mass is 10.1. The van der Waals surface area contributed by atoms with Crippen LogP contribution in [0.4, 0.5) is 5.82 Å². The number of rotatable bonds is 2. The maximum Gasteiger partial charge on any atom is 0.381 e. The molecule has 0 N–H and O–H groups in total.